The van der Waals surface area contributed by atoms with Crippen LogP contribution in [0.3, 0.4) is 0 Å². The van der Waals surface area contributed by atoms with Crippen molar-refractivity contribution < 1.29 is 14.6 Å². The first-order valence-electron chi connectivity index (χ1n) is 11.5. The Balaban J connectivity index is 1.08. The molecule has 2 aromatic heterocycles. The number of hydrogen-bond acceptors (Lipinski definition) is 9. The second-order valence-electron chi connectivity index (χ2n) is 9.66. The molecule has 33 heavy (non-hydrogen) atoms. The van der Waals surface area contributed by atoms with Gasteiger partial charge in [-0.1, -0.05) is 10.6 Å². The molecule has 0 bridgehead atoms. The number of cyclic esters (lactones) is 1. The minimum Gasteiger partial charge on any atom is -0.457 e. The summed E-state index contributed by atoms with van der Waals surface area (Å²) in [6, 6.07) is 5.78. The maximum Gasteiger partial charge on any atom is 0.338 e. The molecule has 3 aromatic rings. The van der Waals surface area contributed by atoms with E-state index >= 15 is 0 Å². The smallest absolute Gasteiger partial charge is 0.338 e. The van der Waals surface area contributed by atoms with Crippen molar-refractivity contribution in [1.82, 2.24) is 19.5 Å². The van der Waals surface area contributed by atoms with Crippen LogP contribution in [-0.4, -0.2) is 63.3 Å². The van der Waals surface area contributed by atoms with Crippen molar-refractivity contribution in [2.45, 2.75) is 38.9 Å². The van der Waals surface area contributed by atoms with E-state index in [2.05, 4.69) is 30.4 Å². The van der Waals surface area contributed by atoms with Crippen LogP contribution in [-0.2, 0) is 11.3 Å². The Hall–Kier alpha value is -2.62. The summed E-state index contributed by atoms with van der Waals surface area (Å²) in [6.07, 6.45) is 4.84. The predicted octanol–water partition coefficient (Wildman–Crippen LogP) is 3.09. The average molecular weight is 466 g/mol. The number of benzene rings is 1. The van der Waals surface area contributed by atoms with E-state index in [-0.39, 0.29) is 5.97 Å². The quantitative estimate of drug-likeness (QED) is 0.588. The van der Waals surface area contributed by atoms with Crippen molar-refractivity contribution in [1.29, 1.82) is 0 Å². The Morgan fingerprint density at radius 1 is 1.24 bits per heavy atom. The second-order valence-corrected chi connectivity index (χ2v) is 10.4. The van der Waals surface area contributed by atoms with Crippen LogP contribution in [0.15, 0.2) is 24.4 Å². The zero-order valence-corrected chi connectivity index (χ0v) is 19.5. The molecule has 0 aliphatic carbocycles. The Morgan fingerprint density at radius 3 is 2.91 bits per heavy atom. The molecule has 2 fully saturated rings. The van der Waals surface area contributed by atoms with Gasteiger partial charge in [-0.25, -0.2) is 9.78 Å². The van der Waals surface area contributed by atoms with Crippen LogP contribution in [0.4, 0.5) is 5.69 Å². The highest BCUT2D eigenvalue weighted by molar-refractivity contribution is 7.12. The summed E-state index contributed by atoms with van der Waals surface area (Å²) in [7, 11) is 0. The molecule has 0 amide bonds. The predicted molar refractivity (Wildman–Crippen MR) is 125 cm³/mol. The number of rotatable bonds is 4. The van der Waals surface area contributed by atoms with E-state index in [1.807, 2.05) is 19.2 Å². The van der Waals surface area contributed by atoms with Gasteiger partial charge in [-0.3, -0.25) is 0 Å². The number of ether oxygens (including phenoxy) is 1. The van der Waals surface area contributed by atoms with Gasteiger partial charge in [0.1, 0.15) is 12.1 Å². The molecule has 5 heterocycles. The van der Waals surface area contributed by atoms with Gasteiger partial charge in [-0.05, 0) is 68.0 Å². The number of hydrogen-bond donors (Lipinski definition) is 1. The van der Waals surface area contributed by atoms with Crippen molar-refractivity contribution in [2.75, 3.05) is 37.6 Å². The lowest BCUT2D eigenvalue weighted by molar-refractivity contribution is 0.0534. The highest BCUT2D eigenvalue weighted by Gasteiger charge is 2.41. The number of fused-ring (bicyclic) bond motifs is 2. The minimum atomic E-state index is -0.565. The van der Waals surface area contributed by atoms with Gasteiger partial charge in [0.05, 0.1) is 23.6 Å². The van der Waals surface area contributed by atoms with E-state index in [1.165, 1.54) is 18.0 Å². The van der Waals surface area contributed by atoms with E-state index < -0.39 is 6.10 Å². The molecular weight excluding hydrogens is 438 g/mol. The van der Waals surface area contributed by atoms with Crippen LogP contribution in [0.5, 0.6) is 0 Å². The fourth-order valence-corrected chi connectivity index (χ4v) is 6.19. The fourth-order valence-electron chi connectivity index (χ4n) is 5.69. The summed E-state index contributed by atoms with van der Waals surface area (Å²) < 4.78 is 9.15. The number of nitrogens with zero attached hydrogens (tertiary/aromatic N) is 5. The van der Waals surface area contributed by atoms with Gasteiger partial charge in [0.15, 0.2) is 4.83 Å². The Labute approximate surface area is 196 Å². The van der Waals surface area contributed by atoms with E-state index in [4.69, 9.17) is 4.74 Å². The first-order valence-corrected chi connectivity index (χ1v) is 12.3. The van der Waals surface area contributed by atoms with Gasteiger partial charge in [-0.15, -0.1) is 5.10 Å². The summed E-state index contributed by atoms with van der Waals surface area (Å²) >= 11 is 1.33. The lowest BCUT2D eigenvalue weighted by Gasteiger charge is -2.40. The highest BCUT2D eigenvalue weighted by atomic mass is 32.1. The third kappa shape index (κ3) is 3.68. The van der Waals surface area contributed by atoms with Crippen LogP contribution in [0, 0.1) is 12.3 Å². The van der Waals surface area contributed by atoms with Gasteiger partial charge in [-0.2, -0.15) is 0 Å². The fraction of sp³-hybridized carbons (Fsp3) is 0.500. The minimum absolute atomic E-state index is 0.264. The van der Waals surface area contributed by atoms with Crippen molar-refractivity contribution in [3.05, 3.63) is 46.6 Å². The molecule has 1 N–H and O–H groups in total. The lowest BCUT2D eigenvalue weighted by atomic mass is 9.77. The molecule has 3 aliphatic heterocycles. The summed E-state index contributed by atoms with van der Waals surface area (Å²) in [5, 5.41) is 15.1. The molecule has 8 nitrogen and oxygen atoms in total. The zero-order valence-electron chi connectivity index (χ0n) is 18.7. The van der Waals surface area contributed by atoms with Crippen molar-refractivity contribution in [3.8, 4) is 0 Å². The molecule has 1 unspecified atom stereocenters. The van der Waals surface area contributed by atoms with Gasteiger partial charge < -0.3 is 19.6 Å². The third-order valence-electron chi connectivity index (χ3n) is 7.81. The van der Waals surface area contributed by atoms with Crippen molar-refractivity contribution in [2.24, 2.45) is 5.41 Å². The topological polar surface area (TPSA) is 91.7 Å². The number of β-amino-alcohol motifs (C(OH)–C–C–N with tert-alkyl or cyclic N) is 1. The number of carbonyl (C=O) groups excluding carboxylic acids is 1. The Kier molecular flexibility index (Phi) is 5.08. The number of aliphatic hydroxyl groups is 1. The first kappa shape index (κ1) is 20.9. The SMILES string of the molecule is Cc1c(C(O)CN2CCC3(CC2)CCN(c2cnc4snnc4c2)C3)ccc2c1COC2=O. The molecule has 172 valence electrons. The zero-order chi connectivity index (χ0) is 22.6. The molecule has 1 spiro atoms. The molecule has 9 heteroatoms. The Morgan fingerprint density at radius 2 is 2.06 bits per heavy atom. The third-order valence-corrected chi connectivity index (χ3v) is 8.46. The number of esters is 1. The van der Waals surface area contributed by atoms with Gasteiger partial charge in [0, 0.05) is 36.7 Å². The second kappa shape index (κ2) is 8.00. The summed E-state index contributed by atoms with van der Waals surface area (Å²) in [5.41, 5.74) is 5.78. The Bertz CT molecular complexity index is 1220. The molecule has 6 rings (SSSR count). The molecule has 2 saturated heterocycles. The number of anilines is 1. The molecule has 1 aromatic carbocycles. The number of likely N-dealkylation sites (tertiary alicyclic amines) is 1. The van der Waals surface area contributed by atoms with E-state index in [1.54, 1.807) is 6.07 Å². The van der Waals surface area contributed by atoms with E-state index in [0.717, 1.165) is 71.7 Å². The largest absolute Gasteiger partial charge is 0.457 e. The van der Waals surface area contributed by atoms with Crippen LogP contribution in [0.25, 0.3) is 10.3 Å². The van der Waals surface area contributed by atoms with Crippen LogP contribution < -0.4 is 4.90 Å². The summed E-state index contributed by atoms with van der Waals surface area (Å²) in [4.78, 5) is 22.0. The number of carbonyl (C=O) groups is 1. The molecule has 0 radical (unpaired) electrons. The summed E-state index contributed by atoms with van der Waals surface area (Å²) in [6.45, 7) is 6.98. The average Bonchev–Trinajstić information content (AvgIpc) is 3.55. The van der Waals surface area contributed by atoms with Crippen LogP contribution >= 0.6 is 11.5 Å². The number of aliphatic hydroxyl groups excluding tert-OH is 1. The first-order chi connectivity index (χ1) is 16.0. The molecule has 1 atom stereocenters. The molecule has 0 saturated carbocycles. The van der Waals surface area contributed by atoms with E-state index in [0.29, 0.717) is 24.1 Å². The number of pyridine rings is 1. The van der Waals surface area contributed by atoms with E-state index in [9.17, 15) is 9.90 Å². The molecule has 3 aliphatic rings. The normalized spacial score (nSPS) is 21.0. The highest BCUT2D eigenvalue weighted by Crippen LogP contribution is 2.42. The maximum absolute atomic E-state index is 11.8. The monoisotopic (exact) mass is 465 g/mol. The lowest BCUT2D eigenvalue weighted by Crippen LogP contribution is -2.43. The van der Waals surface area contributed by atoms with Gasteiger partial charge in [0.2, 0.25) is 0 Å². The summed E-state index contributed by atoms with van der Waals surface area (Å²) in [5.74, 6) is -0.264. The standard InChI is InChI=1S/C24H27N5O3S/c1-15-17(2-3-18-19(15)13-32-23(18)31)21(30)12-28-7-4-24(5-8-28)6-9-29(14-24)16-10-20-22(25-11-16)33-27-26-20/h2-3,10-11,21,30H,4-9,12-14H2,1H3. The number of aromatic nitrogens is 3. The van der Waals surface area contributed by atoms with Gasteiger partial charge in [0.25, 0.3) is 0 Å². The number of piperidine rings is 1. The van der Waals surface area contributed by atoms with Crippen molar-refractivity contribution >= 4 is 33.5 Å². The van der Waals surface area contributed by atoms with Crippen LogP contribution in [0.2, 0.25) is 0 Å². The van der Waals surface area contributed by atoms with Crippen molar-refractivity contribution in [3.63, 3.8) is 0 Å². The van der Waals surface area contributed by atoms with Gasteiger partial charge >= 0.3 is 5.97 Å². The maximum atomic E-state index is 11.8. The van der Waals surface area contributed by atoms with Crippen LogP contribution in [0.1, 0.15) is 52.4 Å². The molecular formula is C24H27N5O3S.